The normalized spacial score (nSPS) is 23.4. The van der Waals surface area contributed by atoms with Gasteiger partial charge in [0.25, 0.3) is 5.91 Å². The van der Waals surface area contributed by atoms with Crippen molar-refractivity contribution in [1.82, 2.24) is 4.72 Å². The molecule has 1 saturated carbocycles. The van der Waals surface area contributed by atoms with Crippen LogP contribution >= 0.6 is 11.6 Å². The lowest BCUT2D eigenvalue weighted by atomic mass is 9.68. The van der Waals surface area contributed by atoms with Crippen molar-refractivity contribution in [3.8, 4) is 5.75 Å². The van der Waals surface area contributed by atoms with Gasteiger partial charge in [0, 0.05) is 35.7 Å². The number of unbranched alkanes of at least 4 members (excludes halogenated alkanes) is 1. The standard InChI is InChI=1S/C38H51ClN2O6S/c1-4-7-9-13-35(42)32-17-14-29(32)23-41-25-38(20-10-11-27-21-30(39)16-18-33(27)38)26-47-36-19-15-28(22-34(36)41)37(43)40-48(44,45)31(12-8-5-2)24-46-6-3/h5,9,13,15-16,18-19,21-22,29,31-32,35,42H,2,4,6-8,10-12,14,17,20,23-26H2,1,3H3,(H,40,43)/b13-9+/t29-,31+,32+,35-,38-/m0/s1. The molecule has 10 heteroatoms. The van der Waals surface area contributed by atoms with E-state index in [0.29, 0.717) is 44.9 Å². The lowest BCUT2D eigenvalue weighted by Gasteiger charge is -2.45. The monoisotopic (exact) mass is 698 g/mol. The average Bonchev–Trinajstić information content (AvgIpc) is 3.19. The highest BCUT2D eigenvalue weighted by Gasteiger charge is 2.44. The SMILES string of the molecule is C=CCC[C@H](COCC)S(=O)(=O)NC(=O)c1ccc2c(c1)N(C[C@@H]1CC[C@H]1[C@@H](O)/C=C/CCC)C[C@@]1(CCCc3cc(Cl)ccc31)CO2. The van der Waals surface area contributed by atoms with Crippen molar-refractivity contribution in [3.63, 3.8) is 0 Å². The molecule has 0 aromatic heterocycles. The largest absolute Gasteiger partial charge is 0.490 e. The molecule has 0 saturated heterocycles. The minimum absolute atomic E-state index is 0.00440. The maximum Gasteiger partial charge on any atom is 0.264 e. The van der Waals surface area contributed by atoms with E-state index in [-0.39, 0.29) is 29.4 Å². The van der Waals surface area contributed by atoms with Crippen molar-refractivity contribution in [2.75, 3.05) is 37.8 Å². The van der Waals surface area contributed by atoms with Crippen LogP contribution in [-0.4, -0.2) is 63.7 Å². The lowest BCUT2D eigenvalue weighted by Crippen LogP contribution is -2.49. The van der Waals surface area contributed by atoms with Crippen LogP contribution < -0.4 is 14.4 Å². The topological polar surface area (TPSA) is 105 Å². The second-order valence-corrected chi connectivity index (χ2v) is 16.0. The van der Waals surface area contributed by atoms with E-state index in [2.05, 4.69) is 41.3 Å². The van der Waals surface area contributed by atoms with Gasteiger partial charge in [0.15, 0.2) is 0 Å². The van der Waals surface area contributed by atoms with Crippen molar-refractivity contribution >= 4 is 33.2 Å². The fraction of sp³-hybridized carbons (Fsp3) is 0.553. The number of allylic oxidation sites excluding steroid dienone is 2. The van der Waals surface area contributed by atoms with E-state index < -0.39 is 27.3 Å². The number of benzene rings is 2. The van der Waals surface area contributed by atoms with Gasteiger partial charge < -0.3 is 19.5 Å². The smallest absolute Gasteiger partial charge is 0.264 e. The summed E-state index contributed by atoms with van der Waals surface area (Å²) in [5.74, 6) is 0.373. The van der Waals surface area contributed by atoms with E-state index in [1.54, 1.807) is 31.2 Å². The van der Waals surface area contributed by atoms with Gasteiger partial charge in [0.05, 0.1) is 25.0 Å². The molecule has 2 aromatic rings. The van der Waals surface area contributed by atoms with Crippen molar-refractivity contribution in [1.29, 1.82) is 0 Å². The van der Waals surface area contributed by atoms with Gasteiger partial charge in [0.1, 0.15) is 11.0 Å². The molecule has 1 amide bonds. The molecule has 48 heavy (non-hydrogen) atoms. The number of rotatable bonds is 15. The molecule has 5 atom stereocenters. The summed E-state index contributed by atoms with van der Waals surface area (Å²) in [4.78, 5) is 15.9. The summed E-state index contributed by atoms with van der Waals surface area (Å²) < 4.78 is 41.0. The predicted molar refractivity (Wildman–Crippen MR) is 193 cm³/mol. The van der Waals surface area contributed by atoms with E-state index in [1.165, 1.54) is 11.1 Å². The molecule has 0 bridgehead atoms. The fourth-order valence-corrected chi connectivity index (χ4v) is 8.97. The van der Waals surface area contributed by atoms with Crippen LogP contribution in [0, 0.1) is 11.8 Å². The Bertz CT molecular complexity index is 1580. The number of aliphatic hydroxyl groups is 1. The average molecular weight is 699 g/mol. The molecule has 2 N–H and O–H groups in total. The van der Waals surface area contributed by atoms with Crippen LogP contribution in [0.4, 0.5) is 5.69 Å². The molecule has 1 heterocycles. The molecule has 262 valence electrons. The summed E-state index contributed by atoms with van der Waals surface area (Å²) in [7, 11) is -4.02. The zero-order valence-corrected chi connectivity index (χ0v) is 29.9. The minimum atomic E-state index is -4.02. The first-order valence-corrected chi connectivity index (χ1v) is 19.4. The molecule has 2 aromatic carbocycles. The summed E-state index contributed by atoms with van der Waals surface area (Å²) in [6.45, 7) is 9.84. The maximum absolute atomic E-state index is 13.6. The van der Waals surface area contributed by atoms with Crippen LogP contribution in [0.3, 0.4) is 0 Å². The molecule has 1 aliphatic heterocycles. The number of anilines is 1. The van der Waals surface area contributed by atoms with Gasteiger partial charge in [-0.3, -0.25) is 4.79 Å². The van der Waals surface area contributed by atoms with Crippen molar-refractivity contribution in [3.05, 3.63) is 82.9 Å². The Labute approximate surface area is 291 Å². The molecular weight excluding hydrogens is 648 g/mol. The number of carbonyl (C=O) groups excluding carboxylic acids is 1. The van der Waals surface area contributed by atoms with Crippen LogP contribution in [0.2, 0.25) is 5.02 Å². The Hall–Kier alpha value is -2.85. The molecule has 1 spiro atoms. The highest BCUT2D eigenvalue weighted by molar-refractivity contribution is 7.90. The Morgan fingerprint density at radius 1 is 1.23 bits per heavy atom. The van der Waals surface area contributed by atoms with Crippen molar-refractivity contribution in [2.45, 2.75) is 88.4 Å². The molecule has 2 aliphatic carbocycles. The fourth-order valence-electron chi connectivity index (χ4n) is 7.51. The van der Waals surface area contributed by atoms with Crippen LogP contribution in [-0.2, 0) is 26.6 Å². The maximum atomic E-state index is 13.6. The summed E-state index contributed by atoms with van der Waals surface area (Å²) in [5.41, 5.74) is 3.19. The molecule has 3 aliphatic rings. The first-order chi connectivity index (χ1) is 23.1. The number of aliphatic hydroxyl groups excluding tert-OH is 1. The highest BCUT2D eigenvalue weighted by Crippen LogP contribution is 2.46. The third-order valence-corrected chi connectivity index (χ3v) is 12.3. The van der Waals surface area contributed by atoms with Gasteiger partial charge in [-0.2, -0.15) is 0 Å². The summed E-state index contributed by atoms with van der Waals surface area (Å²) in [5, 5.41) is 10.9. The number of amides is 1. The van der Waals surface area contributed by atoms with E-state index in [9.17, 15) is 18.3 Å². The third kappa shape index (κ3) is 8.29. The van der Waals surface area contributed by atoms with Gasteiger partial charge in [-0.1, -0.05) is 49.2 Å². The quantitative estimate of drug-likeness (QED) is 0.193. The second-order valence-electron chi connectivity index (χ2n) is 13.6. The molecular formula is C38H51ClN2O6S. The first-order valence-electron chi connectivity index (χ1n) is 17.5. The number of carbonyl (C=O) groups is 1. The number of sulfonamides is 1. The van der Waals surface area contributed by atoms with Gasteiger partial charge in [-0.15, -0.1) is 6.58 Å². The van der Waals surface area contributed by atoms with Gasteiger partial charge in [-0.25, -0.2) is 13.1 Å². The van der Waals surface area contributed by atoms with E-state index in [0.717, 1.165) is 55.7 Å². The third-order valence-electron chi connectivity index (χ3n) is 10.3. The summed E-state index contributed by atoms with van der Waals surface area (Å²) in [6, 6.07) is 11.3. The van der Waals surface area contributed by atoms with Crippen molar-refractivity contribution < 1.29 is 27.8 Å². The minimum Gasteiger partial charge on any atom is -0.490 e. The Kier molecular flexibility index (Phi) is 12.3. The van der Waals surface area contributed by atoms with Crippen LogP contribution in [0.1, 0.15) is 86.7 Å². The van der Waals surface area contributed by atoms with Crippen molar-refractivity contribution in [2.24, 2.45) is 11.8 Å². The Morgan fingerprint density at radius 3 is 2.79 bits per heavy atom. The van der Waals surface area contributed by atoms with E-state index in [4.69, 9.17) is 21.1 Å². The second kappa shape index (κ2) is 16.2. The number of nitrogens with zero attached hydrogens (tertiary/aromatic N) is 1. The number of nitrogens with one attached hydrogen (secondary N) is 1. The number of fused-ring (bicyclic) bond motifs is 3. The van der Waals surface area contributed by atoms with Crippen LogP contribution in [0.25, 0.3) is 0 Å². The van der Waals surface area contributed by atoms with Crippen LogP contribution in [0.5, 0.6) is 5.75 Å². The van der Waals surface area contributed by atoms with E-state index in [1.807, 2.05) is 12.1 Å². The summed E-state index contributed by atoms with van der Waals surface area (Å²) in [6.07, 6.45) is 12.8. The highest BCUT2D eigenvalue weighted by atomic mass is 35.5. The van der Waals surface area contributed by atoms with Gasteiger partial charge in [-0.05, 0) is 112 Å². The first kappa shape index (κ1) is 36.4. The Balaban J connectivity index is 1.46. The zero-order valence-electron chi connectivity index (χ0n) is 28.3. The van der Waals surface area contributed by atoms with Gasteiger partial charge in [0.2, 0.25) is 10.0 Å². The molecule has 8 nitrogen and oxygen atoms in total. The molecule has 1 fully saturated rings. The Morgan fingerprint density at radius 2 is 2.06 bits per heavy atom. The van der Waals surface area contributed by atoms with Crippen LogP contribution in [0.15, 0.2) is 61.2 Å². The number of aryl methyl sites for hydroxylation is 1. The zero-order chi connectivity index (χ0) is 34.3. The molecule has 5 rings (SSSR count). The lowest BCUT2D eigenvalue weighted by molar-refractivity contribution is 0.0456. The number of ether oxygens (including phenoxy) is 2. The molecule has 0 unspecified atom stereocenters. The van der Waals surface area contributed by atoms with Gasteiger partial charge >= 0.3 is 0 Å². The predicted octanol–water partition coefficient (Wildman–Crippen LogP) is 6.99. The van der Waals surface area contributed by atoms with E-state index >= 15 is 0 Å². The summed E-state index contributed by atoms with van der Waals surface area (Å²) >= 11 is 6.42. The number of halogens is 1. The molecule has 0 radical (unpaired) electrons. The number of hydrogen-bond acceptors (Lipinski definition) is 7. The number of hydrogen-bond donors (Lipinski definition) is 2.